The number of ether oxygens (including phenoxy) is 1. The zero-order valence-electron chi connectivity index (χ0n) is 11.4. The number of aromatic nitrogens is 1. The van der Waals surface area contributed by atoms with Gasteiger partial charge in [-0.1, -0.05) is 30.3 Å². The predicted octanol–water partition coefficient (Wildman–Crippen LogP) is 4.49. The smallest absolute Gasteiger partial charge is 0.145 e. The van der Waals surface area contributed by atoms with Crippen LogP contribution in [0.3, 0.4) is 0 Å². The Balaban J connectivity index is 1.61. The molecule has 3 nitrogen and oxygen atoms in total. The number of nitrogens with zero attached hydrogens (tertiary/aromatic N) is 1. The van der Waals surface area contributed by atoms with E-state index >= 15 is 0 Å². The molecule has 0 saturated carbocycles. The lowest BCUT2D eigenvalue weighted by Crippen LogP contribution is -2.12. The number of benzene rings is 2. The fourth-order valence-electron chi connectivity index (χ4n) is 2.14. The van der Waals surface area contributed by atoms with Crippen molar-refractivity contribution in [3.05, 3.63) is 65.3 Å². The third-order valence-corrected chi connectivity index (χ3v) is 3.84. The Bertz CT molecular complexity index is 740. The highest BCUT2D eigenvalue weighted by Gasteiger charge is 2.02. The maximum absolute atomic E-state index is 5.84. The zero-order chi connectivity index (χ0) is 14.5. The third kappa shape index (κ3) is 3.34. The second kappa shape index (κ2) is 6.59. The van der Waals surface area contributed by atoms with E-state index in [9.17, 15) is 0 Å². The Kier molecular flexibility index (Phi) is 4.36. The third-order valence-electron chi connectivity index (χ3n) is 3.14. The van der Waals surface area contributed by atoms with E-state index in [1.54, 1.807) is 6.20 Å². The van der Waals surface area contributed by atoms with Crippen LogP contribution in [0.25, 0.3) is 10.9 Å². The van der Waals surface area contributed by atoms with E-state index in [1.165, 1.54) is 0 Å². The molecule has 0 fully saturated rings. The van der Waals surface area contributed by atoms with E-state index in [-0.39, 0.29) is 0 Å². The number of anilines is 1. The van der Waals surface area contributed by atoms with Crippen LogP contribution in [-0.4, -0.2) is 18.1 Å². The summed E-state index contributed by atoms with van der Waals surface area (Å²) in [6, 6.07) is 18.0. The molecule has 3 rings (SSSR count). The monoisotopic (exact) mass is 342 g/mol. The van der Waals surface area contributed by atoms with Gasteiger partial charge in [0.05, 0.1) is 0 Å². The summed E-state index contributed by atoms with van der Waals surface area (Å²) in [6.07, 6.45) is 1.79. The van der Waals surface area contributed by atoms with E-state index in [0.29, 0.717) is 6.61 Å². The molecule has 0 radical (unpaired) electrons. The summed E-state index contributed by atoms with van der Waals surface area (Å²) >= 11 is 3.51. The summed E-state index contributed by atoms with van der Waals surface area (Å²) in [4.78, 5) is 4.38. The van der Waals surface area contributed by atoms with Crippen LogP contribution in [-0.2, 0) is 0 Å². The molecule has 1 heterocycles. The van der Waals surface area contributed by atoms with Gasteiger partial charge in [-0.25, -0.2) is 0 Å². The van der Waals surface area contributed by atoms with Gasteiger partial charge in [-0.15, -0.1) is 0 Å². The van der Waals surface area contributed by atoms with Gasteiger partial charge in [-0.3, -0.25) is 4.98 Å². The zero-order valence-corrected chi connectivity index (χ0v) is 13.0. The highest BCUT2D eigenvalue weighted by molar-refractivity contribution is 9.10. The van der Waals surface area contributed by atoms with Crippen LogP contribution >= 0.6 is 15.9 Å². The number of hydrogen-bond donors (Lipinski definition) is 1. The first kappa shape index (κ1) is 13.9. The van der Waals surface area contributed by atoms with Crippen molar-refractivity contribution in [2.24, 2.45) is 0 Å². The highest BCUT2D eigenvalue weighted by atomic mass is 79.9. The summed E-state index contributed by atoms with van der Waals surface area (Å²) in [5, 5.41) is 4.43. The SMILES string of the molecule is Brc1ccccc1NCCOc1cccc2cccnc12. The van der Waals surface area contributed by atoms with Gasteiger partial charge in [0.15, 0.2) is 0 Å². The van der Waals surface area contributed by atoms with Crippen molar-refractivity contribution in [1.29, 1.82) is 0 Å². The van der Waals surface area contributed by atoms with Gasteiger partial charge < -0.3 is 10.1 Å². The molecular formula is C17H15BrN2O. The lowest BCUT2D eigenvalue weighted by atomic mass is 10.2. The molecule has 1 N–H and O–H groups in total. The highest BCUT2D eigenvalue weighted by Crippen LogP contribution is 2.23. The van der Waals surface area contributed by atoms with Crippen molar-refractivity contribution in [3.8, 4) is 5.75 Å². The lowest BCUT2D eigenvalue weighted by molar-refractivity contribution is 0.336. The molecule has 21 heavy (non-hydrogen) atoms. The van der Waals surface area contributed by atoms with Crippen molar-refractivity contribution in [1.82, 2.24) is 4.98 Å². The number of nitrogens with one attached hydrogen (secondary N) is 1. The molecule has 0 spiro atoms. The van der Waals surface area contributed by atoms with Gasteiger partial charge in [0.1, 0.15) is 17.9 Å². The first-order valence-corrected chi connectivity index (χ1v) is 7.59. The molecule has 0 saturated heterocycles. The van der Waals surface area contributed by atoms with E-state index in [2.05, 4.69) is 26.2 Å². The fraction of sp³-hybridized carbons (Fsp3) is 0.118. The molecule has 0 aliphatic heterocycles. The molecule has 0 amide bonds. The van der Waals surface area contributed by atoms with E-state index in [0.717, 1.165) is 33.4 Å². The summed E-state index contributed by atoms with van der Waals surface area (Å²) in [6.45, 7) is 1.31. The maximum atomic E-state index is 5.84. The van der Waals surface area contributed by atoms with Crippen LogP contribution in [0.2, 0.25) is 0 Å². The number of halogens is 1. The number of hydrogen-bond acceptors (Lipinski definition) is 3. The maximum Gasteiger partial charge on any atom is 0.145 e. The Hall–Kier alpha value is -2.07. The van der Waals surface area contributed by atoms with Crippen LogP contribution in [0.4, 0.5) is 5.69 Å². The van der Waals surface area contributed by atoms with Crippen molar-refractivity contribution in [2.75, 3.05) is 18.5 Å². The molecule has 106 valence electrons. The second-order valence-electron chi connectivity index (χ2n) is 4.59. The van der Waals surface area contributed by atoms with Crippen molar-refractivity contribution < 1.29 is 4.74 Å². The molecule has 0 unspecified atom stereocenters. The first-order chi connectivity index (χ1) is 10.3. The summed E-state index contributed by atoms with van der Waals surface area (Å²) in [5.74, 6) is 0.821. The van der Waals surface area contributed by atoms with Gasteiger partial charge in [0.25, 0.3) is 0 Å². The van der Waals surface area contributed by atoms with Crippen molar-refractivity contribution in [2.45, 2.75) is 0 Å². The largest absolute Gasteiger partial charge is 0.489 e. The van der Waals surface area contributed by atoms with Gasteiger partial charge in [0.2, 0.25) is 0 Å². The molecule has 0 aliphatic rings. The minimum atomic E-state index is 0.580. The summed E-state index contributed by atoms with van der Waals surface area (Å²) in [5.41, 5.74) is 1.97. The Morgan fingerprint density at radius 2 is 1.86 bits per heavy atom. The van der Waals surface area contributed by atoms with Gasteiger partial charge in [-0.2, -0.15) is 0 Å². The molecule has 2 aromatic carbocycles. The molecule has 0 aliphatic carbocycles. The molecule has 0 atom stereocenters. The number of para-hydroxylation sites is 2. The standard InChI is InChI=1S/C17H15BrN2O/c18-14-7-1-2-8-15(14)19-11-12-21-16-9-3-5-13-6-4-10-20-17(13)16/h1-10,19H,11-12H2. The van der Waals surface area contributed by atoms with Crippen LogP contribution in [0.15, 0.2) is 65.3 Å². The Labute approximate surface area is 132 Å². The second-order valence-corrected chi connectivity index (χ2v) is 5.44. The van der Waals surface area contributed by atoms with Crippen molar-refractivity contribution >= 4 is 32.5 Å². The Morgan fingerprint density at radius 1 is 1.00 bits per heavy atom. The molecule has 1 aromatic heterocycles. The molecule has 3 aromatic rings. The van der Waals surface area contributed by atoms with Gasteiger partial charge >= 0.3 is 0 Å². The topological polar surface area (TPSA) is 34.1 Å². The summed E-state index contributed by atoms with van der Waals surface area (Å²) < 4.78 is 6.89. The molecule has 4 heteroatoms. The number of fused-ring (bicyclic) bond motifs is 1. The summed E-state index contributed by atoms with van der Waals surface area (Å²) in [7, 11) is 0. The van der Waals surface area contributed by atoms with Crippen molar-refractivity contribution in [3.63, 3.8) is 0 Å². The van der Waals surface area contributed by atoms with Gasteiger partial charge in [-0.05, 0) is 40.2 Å². The minimum Gasteiger partial charge on any atom is -0.489 e. The predicted molar refractivity (Wildman–Crippen MR) is 89.9 cm³/mol. The first-order valence-electron chi connectivity index (χ1n) is 6.79. The van der Waals surface area contributed by atoms with Crippen LogP contribution < -0.4 is 10.1 Å². The fourth-order valence-corrected chi connectivity index (χ4v) is 2.57. The average Bonchev–Trinajstić information content (AvgIpc) is 2.53. The van der Waals surface area contributed by atoms with Gasteiger partial charge in [0, 0.05) is 28.3 Å². The van der Waals surface area contributed by atoms with E-state index < -0.39 is 0 Å². The quantitative estimate of drug-likeness (QED) is 0.693. The average molecular weight is 343 g/mol. The van der Waals surface area contributed by atoms with Crippen LogP contribution in [0.5, 0.6) is 5.75 Å². The molecular weight excluding hydrogens is 328 g/mol. The molecule has 0 bridgehead atoms. The normalized spacial score (nSPS) is 10.5. The Morgan fingerprint density at radius 3 is 2.76 bits per heavy atom. The lowest BCUT2D eigenvalue weighted by Gasteiger charge is -2.11. The number of pyridine rings is 1. The minimum absolute atomic E-state index is 0.580. The van der Waals surface area contributed by atoms with E-state index in [1.807, 2.05) is 54.6 Å². The van der Waals surface area contributed by atoms with Crippen LogP contribution in [0.1, 0.15) is 0 Å². The van der Waals surface area contributed by atoms with Crippen LogP contribution in [0, 0.1) is 0 Å². The van der Waals surface area contributed by atoms with E-state index in [4.69, 9.17) is 4.74 Å². The number of rotatable bonds is 5.